The van der Waals surface area contributed by atoms with Crippen molar-refractivity contribution in [2.45, 2.75) is 19.8 Å². The van der Waals surface area contributed by atoms with Gasteiger partial charge in [-0.1, -0.05) is 18.2 Å². The van der Waals surface area contributed by atoms with Gasteiger partial charge in [-0.25, -0.2) is 4.68 Å². The van der Waals surface area contributed by atoms with E-state index >= 15 is 0 Å². The van der Waals surface area contributed by atoms with E-state index in [1.807, 2.05) is 30.3 Å². The first-order chi connectivity index (χ1) is 13.4. The van der Waals surface area contributed by atoms with Crippen LogP contribution >= 0.6 is 0 Å². The van der Waals surface area contributed by atoms with Gasteiger partial charge in [0.1, 0.15) is 0 Å². The van der Waals surface area contributed by atoms with Gasteiger partial charge in [-0.05, 0) is 31.9 Å². The van der Waals surface area contributed by atoms with E-state index in [0.29, 0.717) is 30.6 Å². The van der Waals surface area contributed by atoms with Gasteiger partial charge in [0, 0.05) is 26.3 Å². The average molecular weight is 384 g/mol. The van der Waals surface area contributed by atoms with Crippen molar-refractivity contribution in [3.8, 4) is 5.69 Å². The first-order valence-corrected chi connectivity index (χ1v) is 9.24. The molecule has 2 amide bonds. The van der Waals surface area contributed by atoms with Crippen LogP contribution in [0.2, 0.25) is 0 Å². The number of aryl methyl sites for hydroxylation is 1. The van der Waals surface area contributed by atoms with Gasteiger partial charge in [0.2, 0.25) is 5.91 Å². The largest absolute Gasteiger partial charge is 0.481 e. The van der Waals surface area contributed by atoms with Gasteiger partial charge in [0.15, 0.2) is 0 Å². The van der Waals surface area contributed by atoms with Crippen molar-refractivity contribution in [2.24, 2.45) is 5.92 Å². The van der Waals surface area contributed by atoms with E-state index in [0.717, 1.165) is 5.69 Å². The third kappa shape index (κ3) is 4.21. The van der Waals surface area contributed by atoms with Gasteiger partial charge in [-0.2, -0.15) is 5.10 Å². The molecule has 1 fully saturated rings. The standard InChI is InChI=1S/C20H24N4O4/c1-14-17(12-24(21-14)16-8-4-3-5-9-16)19(26)22(2)13-18(25)23-10-6-7-15(11-23)20(27)28/h3-5,8-9,12,15H,6-7,10-11,13H2,1-2H3,(H,27,28). The third-order valence-corrected chi connectivity index (χ3v) is 4.99. The maximum atomic E-state index is 12.8. The summed E-state index contributed by atoms with van der Waals surface area (Å²) in [6, 6.07) is 9.47. The monoisotopic (exact) mass is 384 g/mol. The number of para-hydroxylation sites is 1. The minimum atomic E-state index is -0.883. The molecule has 1 N–H and O–H groups in total. The Balaban J connectivity index is 1.67. The number of piperidine rings is 1. The van der Waals surface area contributed by atoms with Crippen molar-refractivity contribution in [2.75, 3.05) is 26.7 Å². The molecule has 3 rings (SSSR count). The van der Waals surface area contributed by atoms with Crippen molar-refractivity contribution >= 4 is 17.8 Å². The zero-order valence-electron chi connectivity index (χ0n) is 16.0. The molecule has 0 aliphatic carbocycles. The van der Waals surface area contributed by atoms with Crippen molar-refractivity contribution < 1.29 is 19.5 Å². The molecule has 1 atom stereocenters. The molecule has 8 nitrogen and oxygen atoms in total. The molecule has 2 heterocycles. The Kier molecular flexibility index (Phi) is 5.77. The van der Waals surface area contributed by atoms with E-state index < -0.39 is 11.9 Å². The highest BCUT2D eigenvalue weighted by molar-refractivity contribution is 5.97. The Hall–Kier alpha value is -3.16. The normalized spacial score (nSPS) is 16.6. The number of carbonyl (C=O) groups excluding carboxylic acids is 2. The first-order valence-electron chi connectivity index (χ1n) is 9.24. The second-order valence-corrected chi connectivity index (χ2v) is 7.09. The van der Waals surface area contributed by atoms with Gasteiger partial charge in [0.25, 0.3) is 5.91 Å². The van der Waals surface area contributed by atoms with Crippen molar-refractivity contribution in [1.29, 1.82) is 0 Å². The number of nitrogens with zero attached hydrogens (tertiary/aromatic N) is 4. The Bertz CT molecular complexity index is 878. The van der Waals surface area contributed by atoms with Gasteiger partial charge < -0.3 is 14.9 Å². The maximum Gasteiger partial charge on any atom is 0.308 e. The summed E-state index contributed by atoms with van der Waals surface area (Å²) >= 11 is 0. The number of hydrogen-bond acceptors (Lipinski definition) is 4. The molecule has 148 valence electrons. The number of likely N-dealkylation sites (tertiary alicyclic amines) is 1. The van der Waals surface area contributed by atoms with Crippen LogP contribution in [0.1, 0.15) is 28.9 Å². The summed E-state index contributed by atoms with van der Waals surface area (Å²) in [5, 5.41) is 13.6. The highest BCUT2D eigenvalue weighted by atomic mass is 16.4. The van der Waals surface area contributed by atoms with Crippen LogP contribution in [0.15, 0.2) is 36.5 Å². The molecular weight excluding hydrogens is 360 g/mol. The molecule has 1 saturated heterocycles. The molecule has 1 aromatic heterocycles. The molecule has 1 unspecified atom stereocenters. The summed E-state index contributed by atoms with van der Waals surface area (Å²) in [6.07, 6.45) is 2.89. The zero-order chi connectivity index (χ0) is 20.3. The van der Waals surface area contributed by atoms with E-state index in [9.17, 15) is 19.5 Å². The zero-order valence-corrected chi connectivity index (χ0v) is 16.0. The highest BCUT2D eigenvalue weighted by Crippen LogP contribution is 2.18. The lowest BCUT2D eigenvalue weighted by atomic mass is 9.98. The molecule has 0 bridgehead atoms. The van der Waals surface area contributed by atoms with Gasteiger partial charge in [-0.3, -0.25) is 14.4 Å². The second-order valence-electron chi connectivity index (χ2n) is 7.09. The number of amides is 2. The lowest BCUT2D eigenvalue weighted by Crippen LogP contribution is -2.46. The number of carboxylic acid groups (broad SMARTS) is 1. The van der Waals surface area contributed by atoms with E-state index in [1.165, 1.54) is 9.80 Å². The van der Waals surface area contributed by atoms with Gasteiger partial charge in [-0.15, -0.1) is 0 Å². The number of benzene rings is 1. The summed E-state index contributed by atoms with van der Waals surface area (Å²) in [6.45, 7) is 2.38. The van der Waals surface area contributed by atoms with Crippen LogP contribution in [0.3, 0.4) is 0 Å². The fraction of sp³-hybridized carbons (Fsp3) is 0.400. The topological polar surface area (TPSA) is 95.7 Å². The molecule has 2 aromatic rings. The molecule has 0 spiro atoms. The summed E-state index contributed by atoms with van der Waals surface area (Å²) < 4.78 is 1.64. The van der Waals surface area contributed by atoms with Crippen molar-refractivity contribution in [3.05, 3.63) is 47.8 Å². The summed E-state index contributed by atoms with van der Waals surface area (Å²) in [4.78, 5) is 39.4. The van der Waals surface area contributed by atoms with Crippen LogP contribution in [0.4, 0.5) is 0 Å². The Morgan fingerprint density at radius 2 is 1.96 bits per heavy atom. The van der Waals surface area contributed by atoms with Crippen molar-refractivity contribution in [1.82, 2.24) is 19.6 Å². The Morgan fingerprint density at radius 1 is 1.25 bits per heavy atom. The van der Waals surface area contributed by atoms with E-state index in [2.05, 4.69) is 5.10 Å². The predicted octanol–water partition coefficient (Wildman–Crippen LogP) is 1.58. The fourth-order valence-corrected chi connectivity index (χ4v) is 3.37. The quantitative estimate of drug-likeness (QED) is 0.844. The van der Waals surface area contributed by atoms with Crippen LogP contribution in [0.25, 0.3) is 5.69 Å². The molecule has 1 aromatic carbocycles. The van der Waals surface area contributed by atoms with Gasteiger partial charge in [0.05, 0.1) is 29.4 Å². The Labute approximate surface area is 163 Å². The molecule has 1 aliphatic heterocycles. The van der Waals surface area contributed by atoms with E-state index in [1.54, 1.807) is 24.9 Å². The highest BCUT2D eigenvalue weighted by Gasteiger charge is 2.29. The SMILES string of the molecule is Cc1nn(-c2ccccc2)cc1C(=O)N(C)CC(=O)N1CCCC(C(=O)O)C1. The Morgan fingerprint density at radius 3 is 2.64 bits per heavy atom. The number of carboxylic acids is 1. The number of rotatable bonds is 5. The maximum absolute atomic E-state index is 12.8. The van der Waals surface area contributed by atoms with Crippen LogP contribution in [0.5, 0.6) is 0 Å². The summed E-state index contributed by atoms with van der Waals surface area (Å²) in [5.41, 5.74) is 1.86. The summed E-state index contributed by atoms with van der Waals surface area (Å²) in [5.74, 6) is -1.95. The van der Waals surface area contributed by atoms with Crippen LogP contribution in [-0.4, -0.2) is 69.2 Å². The average Bonchev–Trinajstić information content (AvgIpc) is 3.09. The number of aliphatic carboxylic acids is 1. The lowest BCUT2D eigenvalue weighted by molar-refractivity contribution is -0.145. The minimum absolute atomic E-state index is 0.0961. The lowest BCUT2D eigenvalue weighted by Gasteiger charge is -2.32. The van der Waals surface area contributed by atoms with Crippen molar-refractivity contribution in [3.63, 3.8) is 0 Å². The molecular formula is C20H24N4O4. The smallest absolute Gasteiger partial charge is 0.308 e. The molecule has 28 heavy (non-hydrogen) atoms. The molecule has 0 saturated carbocycles. The van der Waals surface area contributed by atoms with Gasteiger partial charge >= 0.3 is 5.97 Å². The van der Waals surface area contributed by atoms with Crippen LogP contribution in [-0.2, 0) is 9.59 Å². The fourth-order valence-electron chi connectivity index (χ4n) is 3.37. The first kappa shape index (κ1) is 19.6. The summed E-state index contributed by atoms with van der Waals surface area (Å²) in [7, 11) is 1.57. The van der Waals surface area contributed by atoms with Crippen LogP contribution < -0.4 is 0 Å². The number of carbonyl (C=O) groups is 3. The van der Waals surface area contributed by atoms with Crippen LogP contribution in [0, 0.1) is 12.8 Å². The number of likely N-dealkylation sites (N-methyl/N-ethyl adjacent to an activating group) is 1. The van der Waals surface area contributed by atoms with E-state index in [-0.39, 0.29) is 24.9 Å². The number of hydrogen-bond donors (Lipinski definition) is 1. The predicted molar refractivity (Wildman–Crippen MR) is 102 cm³/mol. The third-order valence-electron chi connectivity index (χ3n) is 4.99. The number of aromatic nitrogens is 2. The molecule has 0 radical (unpaired) electrons. The minimum Gasteiger partial charge on any atom is -0.481 e. The van der Waals surface area contributed by atoms with E-state index in [4.69, 9.17) is 0 Å². The molecule has 8 heteroatoms. The second kappa shape index (κ2) is 8.24. The molecule has 1 aliphatic rings.